The fraction of sp³-hybridized carbons (Fsp3) is 0.667. The van der Waals surface area contributed by atoms with Crippen LogP contribution in [0, 0.1) is 0 Å². The lowest BCUT2D eigenvalue weighted by atomic mass is 10.1. The molecule has 3 heteroatoms. The van der Waals surface area contributed by atoms with Crippen molar-refractivity contribution in [3.63, 3.8) is 0 Å². The van der Waals surface area contributed by atoms with Crippen LogP contribution in [0.15, 0.2) is 12.3 Å². The standard InChI is InChI=1S/C15H26N2O/c1-3-4-5-6-7-8-9-10-16-14-11-15(13-18)17(2)12-14/h11-13,16H,3-10H2,1-2H3. The topological polar surface area (TPSA) is 34.0 Å². The van der Waals surface area contributed by atoms with E-state index in [9.17, 15) is 4.79 Å². The number of unbranched alkanes of at least 4 members (excludes halogenated alkanes) is 6. The first kappa shape index (κ1) is 14.8. The number of nitrogens with one attached hydrogen (secondary N) is 1. The van der Waals surface area contributed by atoms with E-state index in [1.807, 2.05) is 23.9 Å². The molecular weight excluding hydrogens is 224 g/mol. The third kappa shape index (κ3) is 5.39. The van der Waals surface area contributed by atoms with E-state index in [0.717, 1.165) is 24.2 Å². The Morgan fingerprint density at radius 3 is 2.44 bits per heavy atom. The van der Waals surface area contributed by atoms with Crippen molar-refractivity contribution in [2.45, 2.75) is 51.9 Å². The molecule has 0 saturated carbocycles. The second-order valence-electron chi connectivity index (χ2n) is 4.93. The molecule has 1 heterocycles. The van der Waals surface area contributed by atoms with E-state index in [2.05, 4.69) is 12.2 Å². The molecule has 0 aliphatic heterocycles. The molecule has 0 aromatic carbocycles. The predicted molar refractivity (Wildman–Crippen MR) is 77.3 cm³/mol. The molecular formula is C15H26N2O. The molecule has 18 heavy (non-hydrogen) atoms. The smallest absolute Gasteiger partial charge is 0.166 e. The Morgan fingerprint density at radius 2 is 1.83 bits per heavy atom. The number of rotatable bonds is 10. The van der Waals surface area contributed by atoms with Crippen molar-refractivity contribution in [1.29, 1.82) is 0 Å². The summed E-state index contributed by atoms with van der Waals surface area (Å²) in [6.45, 7) is 3.24. The predicted octanol–water partition coefficient (Wildman–Crippen LogP) is 4.00. The van der Waals surface area contributed by atoms with E-state index in [0.29, 0.717) is 0 Å². The Kier molecular flexibility index (Phi) is 7.23. The number of carbonyl (C=O) groups excluding carboxylic acids is 1. The second kappa shape index (κ2) is 8.78. The zero-order valence-corrected chi connectivity index (χ0v) is 11.7. The van der Waals surface area contributed by atoms with Gasteiger partial charge in [0.2, 0.25) is 0 Å². The minimum atomic E-state index is 0.720. The lowest BCUT2D eigenvalue weighted by Crippen LogP contribution is -2.00. The molecule has 1 rings (SSSR count). The molecule has 0 spiro atoms. The van der Waals surface area contributed by atoms with Crippen LogP contribution in [0.4, 0.5) is 5.69 Å². The van der Waals surface area contributed by atoms with Crippen LogP contribution in [-0.2, 0) is 7.05 Å². The lowest BCUT2D eigenvalue weighted by molar-refractivity contribution is 0.111. The summed E-state index contributed by atoms with van der Waals surface area (Å²) in [7, 11) is 1.89. The molecule has 0 amide bonds. The van der Waals surface area contributed by atoms with Crippen LogP contribution in [0.5, 0.6) is 0 Å². The zero-order chi connectivity index (χ0) is 13.2. The van der Waals surface area contributed by atoms with E-state index in [1.165, 1.54) is 44.9 Å². The second-order valence-corrected chi connectivity index (χ2v) is 4.93. The molecule has 1 N–H and O–H groups in total. The Bertz CT molecular complexity index is 344. The monoisotopic (exact) mass is 250 g/mol. The number of hydrogen-bond donors (Lipinski definition) is 1. The molecule has 1 aromatic rings. The maximum atomic E-state index is 10.7. The van der Waals surface area contributed by atoms with Gasteiger partial charge in [0.25, 0.3) is 0 Å². The summed E-state index contributed by atoms with van der Waals surface area (Å²) < 4.78 is 1.85. The van der Waals surface area contributed by atoms with Gasteiger partial charge in [-0.05, 0) is 12.5 Å². The van der Waals surface area contributed by atoms with Crippen LogP contribution in [0.25, 0.3) is 0 Å². The zero-order valence-electron chi connectivity index (χ0n) is 11.7. The van der Waals surface area contributed by atoms with Crippen LogP contribution in [0.1, 0.15) is 62.4 Å². The highest BCUT2D eigenvalue weighted by molar-refractivity contribution is 5.75. The molecule has 0 saturated heterocycles. The Morgan fingerprint density at radius 1 is 1.17 bits per heavy atom. The molecule has 0 bridgehead atoms. The van der Waals surface area contributed by atoms with Gasteiger partial charge in [-0.25, -0.2) is 0 Å². The van der Waals surface area contributed by atoms with Gasteiger partial charge in [0, 0.05) is 19.8 Å². The van der Waals surface area contributed by atoms with E-state index in [1.54, 1.807) is 0 Å². The maximum absolute atomic E-state index is 10.7. The Labute approximate surface area is 111 Å². The van der Waals surface area contributed by atoms with E-state index in [4.69, 9.17) is 0 Å². The van der Waals surface area contributed by atoms with Gasteiger partial charge in [-0.15, -0.1) is 0 Å². The van der Waals surface area contributed by atoms with Gasteiger partial charge < -0.3 is 9.88 Å². The van der Waals surface area contributed by atoms with Crippen LogP contribution in [0.2, 0.25) is 0 Å². The Hall–Kier alpha value is -1.25. The molecule has 0 aliphatic carbocycles. The minimum absolute atomic E-state index is 0.720. The van der Waals surface area contributed by atoms with E-state index >= 15 is 0 Å². The third-order valence-electron chi connectivity index (χ3n) is 3.27. The first-order valence-corrected chi connectivity index (χ1v) is 7.13. The SMILES string of the molecule is CCCCCCCCCNc1cc(C=O)n(C)c1. The van der Waals surface area contributed by atoms with Crippen molar-refractivity contribution in [3.05, 3.63) is 18.0 Å². The molecule has 1 aromatic heterocycles. The first-order chi connectivity index (χ1) is 8.77. The van der Waals surface area contributed by atoms with E-state index in [-0.39, 0.29) is 0 Å². The molecule has 0 radical (unpaired) electrons. The maximum Gasteiger partial charge on any atom is 0.166 e. The summed E-state index contributed by atoms with van der Waals surface area (Å²) in [4.78, 5) is 10.7. The van der Waals surface area contributed by atoms with Gasteiger partial charge in [-0.2, -0.15) is 0 Å². The normalized spacial score (nSPS) is 10.6. The third-order valence-corrected chi connectivity index (χ3v) is 3.27. The number of hydrogen-bond acceptors (Lipinski definition) is 2. The van der Waals surface area contributed by atoms with Crippen molar-refractivity contribution in [1.82, 2.24) is 4.57 Å². The molecule has 0 aliphatic rings. The quantitative estimate of drug-likeness (QED) is 0.503. The number of aromatic nitrogens is 1. The van der Waals surface area contributed by atoms with Crippen LogP contribution in [0.3, 0.4) is 0 Å². The van der Waals surface area contributed by atoms with Crippen molar-refractivity contribution < 1.29 is 4.79 Å². The summed E-state index contributed by atoms with van der Waals surface area (Å²) in [5.41, 5.74) is 1.77. The molecule has 3 nitrogen and oxygen atoms in total. The summed E-state index contributed by atoms with van der Waals surface area (Å²) >= 11 is 0. The number of nitrogens with zero attached hydrogens (tertiary/aromatic N) is 1. The van der Waals surface area contributed by atoms with Crippen LogP contribution in [-0.4, -0.2) is 17.4 Å². The summed E-state index contributed by atoms with van der Waals surface area (Å²) in [6, 6.07) is 1.90. The van der Waals surface area contributed by atoms with Crippen molar-refractivity contribution in [3.8, 4) is 0 Å². The van der Waals surface area contributed by atoms with Crippen LogP contribution >= 0.6 is 0 Å². The van der Waals surface area contributed by atoms with Crippen LogP contribution < -0.4 is 5.32 Å². The molecule has 0 atom stereocenters. The number of aldehydes is 1. The van der Waals surface area contributed by atoms with E-state index < -0.39 is 0 Å². The Balaban J connectivity index is 2.05. The number of carbonyl (C=O) groups is 1. The number of anilines is 1. The first-order valence-electron chi connectivity index (χ1n) is 7.13. The largest absolute Gasteiger partial charge is 0.384 e. The summed E-state index contributed by atoms with van der Waals surface area (Å²) in [6.07, 6.45) is 12.1. The minimum Gasteiger partial charge on any atom is -0.384 e. The fourth-order valence-corrected chi connectivity index (χ4v) is 2.11. The van der Waals surface area contributed by atoms with Gasteiger partial charge in [0.15, 0.2) is 6.29 Å². The molecule has 0 fully saturated rings. The average molecular weight is 250 g/mol. The summed E-state index contributed by atoms with van der Waals surface area (Å²) in [5.74, 6) is 0. The van der Waals surface area contributed by atoms with Gasteiger partial charge in [0.05, 0.1) is 11.4 Å². The van der Waals surface area contributed by atoms with Crippen molar-refractivity contribution in [2.24, 2.45) is 7.05 Å². The highest BCUT2D eigenvalue weighted by atomic mass is 16.1. The lowest BCUT2D eigenvalue weighted by Gasteiger charge is -2.03. The average Bonchev–Trinajstić information content (AvgIpc) is 2.73. The number of aryl methyl sites for hydroxylation is 1. The van der Waals surface area contributed by atoms with Gasteiger partial charge >= 0.3 is 0 Å². The molecule has 0 unspecified atom stereocenters. The summed E-state index contributed by atoms with van der Waals surface area (Å²) in [5, 5.41) is 3.36. The highest BCUT2D eigenvalue weighted by Gasteiger charge is 2.00. The molecule has 102 valence electrons. The highest BCUT2D eigenvalue weighted by Crippen LogP contribution is 2.12. The van der Waals surface area contributed by atoms with Gasteiger partial charge in [0.1, 0.15) is 0 Å². The van der Waals surface area contributed by atoms with Gasteiger partial charge in [-0.3, -0.25) is 4.79 Å². The van der Waals surface area contributed by atoms with Crippen molar-refractivity contribution >= 4 is 12.0 Å². The van der Waals surface area contributed by atoms with Gasteiger partial charge in [-0.1, -0.05) is 45.4 Å². The van der Waals surface area contributed by atoms with Crippen molar-refractivity contribution in [2.75, 3.05) is 11.9 Å². The fourth-order valence-electron chi connectivity index (χ4n) is 2.11.